The van der Waals surface area contributed by atoms with Gasteiger partial charge in [-0.2, -0.15) is 0 Å². The number of allylic oxidation sites excluding steroid dienone is 2. The van der Waals surface area contributed by atoms with Crippen LogP contribution >= 0.6 is 0 Å². The van der Waals surface area contributed by atoms with Crippen molar-refractivity contribution in [3.8, 4) is 0 Å². The van der Waals surface area contributed by atoms with Gasteiger partial charge in [0.25, 0.3) is 0 Å². The van der Waals surface area contributed by atoms with Crippen LogP contribution in [0.25, 0.3) is 0 Å². The topological polar surface area (TPSA) is 49.9 Å². The second kappa shape index (κ2) is 3.02. The average molecular weight is 110 g/mol. The van der Waals surface area contributed by atoms with Crippen LogP contribution in [0.1, 0.15) is 6.92 Å². The lowest BCUT2D eigenvalue weighted by molar-refractivity contribution is 1.42. The third-order valence-electron chi connectivity index (χ3n) is 0.679. The van der Waals surface area contributed by atoms with Gasteiger partial charge in [0, 0.05) is 5.70 Å². The number of hydrogen-bond donors (Lipinski definition) is 2. The van der Waals surface area contributed by atoms with Gasteiger partial charge >= 0.3 is 0 Å². The van der Waals surface area contributed by atoms with Gasteiger partial charge in [-0.25, -0.2) is 0 Å². The van der Waals surface area contributed by atoms with Crippen LogP contribution in [0.5, 0.6) is 0 Å². The Bertz CT molecular complexity index is 133. The van der Waals surface area contributed by atoms with E-state index in [1.165, 1.54) is 0 Å². The van der Waals surface area contributed by atoms with Gasteiger partial charge in [0.2, 0.25) is 0 Å². The third-order valence-corrected chi connectivity index (χ3v) is 0.679. The Labute approximate surface area is 49.2 Å². The minimum absolute atomic E-state index is 0.285. The summed E-state index contributed by atoms with van der Waals surface area (Å²) < 4.78 is 0. The van der Waals surface area contributed by atoms with Gasteiger partial charge in [-0.05, 0) is 13.0 Å². The lowest BCUT2D eigenvalue weighted by Crippen LogP contribution is -2.04. The summed E-state index contributed by atoms with van der Waals surface area (Å²) in [5, 5.41) is 7.03. The zero-order chi connectivity index (χ0) is 6.57. The molecule has 0 saturated carbocycles. The minimum atomic E-state index is 0.285. The second-order valence-electron chi connectivity index (χ2n) is 1.44. The molecule has 0 aromatic heterocycles. The highest BCUT2D eigenvalue weighted by Crippen LogP contribution is 1.83. The van der Waals surface area contributed by atoms with Crippen molar-refractivity contribution in [1.82, 2.24) is 0 Å². The molecule has 0 bridgehead atoms. The Morgan fingerprint density at radius 2 is 2.25 bits per heavy atom. The van der Waals surface area contributed by atoms with E-state index in [1.807, 2.05) is 6.92 Å². The van der Waals surface area contributed by atoms with E-state index in [-0.39, 0.29) is 5.71 Å². The summed E-state index contributed by atoms with van der Waals surface area (Å²) in [4.78, 5) is 0. The molecule has 0 aliphatic carbocycles. The molecular weight excluding hydrogens is 100 g/mol. The summed E-state index contributed by atoms with van der Waals surface area (Å²) >= 11 is 0. The Kier molecular flexibility index (Phi) is 2.62. The van der Waals surface area contributed by atoms with Gasteiger partial charge in [-0.3, -0.25) is 5.41 Å². The van der Waals surface area contributed by atoms with Crippen LogP contribution in [0.15, 0.2) is 24.4 Å². The Morgan fingerprint density at radius 3 is 2.38 bits per heavy atom. The quantitative estimate of drug-likeness (QED) is 0.513. The van der Waals surface area contributed by atoms with E-state index in [0.717, 1.165) is 0 Å². The second-order valence-corrected chi connectivity index (χ2v) is 1.44. The predicted molar refractivity (Wildman–Crippen MR) is 35.9 cm³/mol. The van der Waals surface area contributed by atoms with Gasteiger partial charge in [0.05, 0.1) is 5.71 Å². The molecule has 0 aliphatic heterocycles. The van der Waals surface area contributed by atoms with Gasteiger partial charge in [0.1, 0.15) is 0 Å². The van der Waals surface area contributed by atoms with Crippen molar-refractivity contribution in [2.24, 2.45) is 5.73 Å². The van der Waals surface area contributed by atoms with Crippen LogP contribution in [0, 0.1) is 5.41 Å². The highest BCUT2D eigenvalue weighted by Gasteiger charge is 1.86. The number of rotatable bonds is 2. The fourth-order valence-electron chi connectivity index (χ4n) is 0.274. The number of nitrogens with two attached hydrogens (primary N) is 1. The molecule has 2 nitrogen and oxygen atoms in total. The average Bonchev–Trinajstić information content (AvgIpc) is 1.67. The van der Waals surface area contributed by atoms with Crippen LogP contribution in [0.3, 0.4) is 0 Å². The fraction of sp³-hybridized carbons (Fsp3) is 0.167. The molecule has 0 heterocycles. The van der Waals surface area contributed by atoms with Crippen LogP contribution < -0.4 is 5.73 Å². The van der Waals surface area contributed by atoms with Gasteiger partial charge in [0.15, 0.2) is 0 Å². The van der Waals surface area contributed by atoms with Crippen molar-refractivity contribution in [3.05, 3.63) is 24.4 Å². The highest BCUT2D eigenvalue weighted by molar-refractivity contribution is 6.04. The molecule has 0 saturated heterocycles. The third kappa shape index (κ3) is 2.18. The van der Waals surface area contributed by atoms with Gasteiger partial charge in [-0.1, -0.05) is 12.7 Å². The zero-order valence-corrected chi connectivity index (χ0v) is 4.94. The summed E-state index contributed by atoms with van der Waals surface area (Å²) in [6.07, 6.45) is 3.35. The SMILES string of the molecule is C=C(N)C(=N)/C=C\C. The normalized spacial score (nSPS) is 9.62. The number of nitrogens with one attached hydrogen (secondary N) is 1. The molecule has 3 N–H and O–H groups in total. The summed E-state index contributed by atoms with van der Waals surface area (Å²) in [5.74, 6) is 0. The molecule has 0 aliphatic rings. The molecule has 44 valence electrons. The van der Waals surface area contributed by atoms with Crippen molar-refractivity contribution in [2.45, 2.75) is 6.92 Å². The van der Waals surface area contributed by atoms with Crippen LogP contribution in [-0.4, -0.2) is 5.71 Å². The maximum absolute atomic E-state index is 7.03. The van der Waals surface area contributed by atoms with E-state index in [2.05, 4.69) is 6.58 Å². The van der Waals surface area contributed by atoms with Crippen molar-refractivity contribution in [3.63, 3.8) is 0 Å². The molecule has 0 rings (SSSR count). The van der Waals surface area contributed by atoms with E-state index < -0.39 is 0 Å². The van der Waals surface area contributed by atoms with E-state index in [0.29, 0.717) is 5.70 Å². The molecule has 0 spiro atoms. The lowest BCUT2D eigenvalue weighted by atomic mass is 10.3. The van der Waals surface area contributed by atoms with Crippen molar-refractivity contribution in [2.75, 3.05) is 0 Å². The molecule has 0 radical (unpaired) electrons. The fourth-order valence-corrected chi connectivity index (χ4v) is 0.274. The highest BCUT2D eigenvalue weighted by atomic mass is 14.6. The van der Waals surface area contributed by atoms with Gasteiger partial charge in [-0.15, -0.1) is 0 Å². The van der Waals surface area contributed by atoms with E-state index in [1.54, 1.807) is 12.2 Å². The Hall–Kier alpha value is -1.05. The van der Waals surface area contributed by atoms with E-state index >= 15 is 0 Å². The van der Waals surface area contributed by atoms with E-state index in [9.17, 15) is 0 Å². The Balaban J connectivity index is 3.85. The van der Waals surface area contributed by atoms with Gasteiger partial charge < -0.3 is 5.73 Å². The molecule has 0 atom stereocenters. The molecule has 0 unspecified atom stereocenters. The first kappa shape index (κ1) is 6.95. The predicted octanol–water partition coefficient (Wildman–Crippen LogP) is 1.05. The monoisotopic (exact) mass is 110 g/mol. The molecule has 0 fully saturated rings. The smallest absolute Gasteiger partial charge is 0.0759 e. The standard InChI is InChI=1S/C6H10N2/c1-3-4-6(8)5(2)7/h3-4,8H,2,7H2,1H3/b4-3-,8-6?. The van der Waals surface area contributed by atoms with Crippen molar-refractivity contribution >= 4 is 5.71 Å². The molecule has 8 heavy (non-hydrogen) atoms. The van der Waals surface area contributed by atoms with Crippen molar-refractivity contribution < 1.29 is 0 Å². The maximum Gasteiger partial charge on any atom is 0.0759 e. The molecular formula is C6H10N2. The maximum atomic E-state index is 7.03. The first-order chi connectivity index (χ1) is 3.68. The van der Waals surface area contributed by atoms with Crippen LogP contribution in [0.2, 0.25) is 0 Å². The molecule has 0 amide bonds. The lowest BCUT2D eigenvalue weighted by Gasteiger charge is -1.90. The molecule has 2 heteroatoms. The molecule has 0 aromatic carbocycles. The van der Waals surface area contributed by atoms with E-state index in [4.69, 9.17) is 11.1 Å². The first-order valence-corrected chi connectivity index (χ1v) is 2.34. The summed E-state index contributed by atoms with van der Waals surface area (Å²) in [7, 11) is 0. The minimum Gasteiger partial charge on any atom is -0.397 e. The summed E-state index contributed by atoms with van der Waals surface area (Å²) in [6, 6.07) is 0. The zero-order valence-electron chi connectivity index (χ0n) is 4.94. The first-order valence-electron chi connectivity index (χ1n) is 2.34. The Morgan fingerprint density at radius 1 is 1.75 bits per heavy atom. The summed E-state index contributed by atoms with van der Waals surface area (Å²) in [6.45, 7) is 5.21. The van der Waals surface area contributed by atoms with Crippen molar-refractivity contribution in [1.29, 1.82) is 5.41 Å². The largest absolute Gasteiger partial charge is 0.397 e. The van der Waals surface area contributed by atoms with Crippen LogP contribution in [0.4, 0.5) is 0 Å². The molecule has 0 aromatic rings. The number of hydrogen-bond acceptors (Lipinski definition) is 2. The summed E-state index contributed by atoms with van der Waals surface area (Å²) in [5.41, 5.74) is 5.74. The van der Waals surface area contributed by atoms with Crippen LogP contribution in [-0.2, 0) is 0 Å².